The largest absolute Gasteiger partial charge is 0.507 e. The van der Waals surface area contributed by atoms with Crippen molar-refractivity contribution in [3.05, 3.63) is 54.1 Å². The second kappa shape index (κ2) is 9.50. The molecule has 0 unspecified atom stereocenters. The van der Waals surface area contributed by atoms with Crippen LogP contribution in [0.3, 0.4) is 0 Å². The molecule has 8 nitrogen and oxygen atoms in total. The lowest BCUT2D eigenvalue weighted by atomic mass is 10.2. The summed E-state index contributed by atoms with van der Waals surface area (Å²) < 4.78 is 5.30. The van der Waals surface area contributed by atoms with Crippen molar-refractivity contribution in [2.24, 2.45) is 10.2 Å². The van der Waals surface area contributed by atoms with Crippen LogP contribution in [0.25, 0.3) is 0 Å². The Balaban J connectivity index is 2.39. The molecular formula is C21H23N3O5. The first-order valence-corrected chi connectivity index (χ1v) is 9.01. The highest BCUT2D eigenvalue weighted by Crippen LogP contribution is 2.34. The van der Waals surface area contributed by atoms with Crippen molar-refractivity contribution < 1.29 is 24.5 Å². The first-order valence-electron chi connectivity index (χ1n) is 9.01. The van der Waals surface area contributed by atoms with E-state index in [1.807, 2.05) is 18.7 Å². The van der Waals surface area contributed by atoms with Crippen LogP contribution in [0, 0.1) is 0 Å². The van der Waals surface area contributed by atoms with Gasteiger partial charge in [0.25, 0.3) is 0 Å². The summed E-state index contributed by atoms with van der Waals surface area (Å²) in [5.74, 6) is -1.77. The van der Waals surface area contributed by atoms with Crippen molar-refractivity contribution in [3.63, 3.8) is 0 Å². The maximum atomic E-state index is 11.8. The summed E-state index contributed by atoms with van der Waals surface area (Å²) in [6.45, 7) is 10.5. The van der Waals surface area contributed by atoms with Gasteiger partial charge in [-0.3, -0.25) is 0 Å². The van der Waals surface area contributed by atoms with E-state index in [4.69, 9.17) is 9.84 Å². The van der Waals surface area contributed by atoms with E-state index in [0.717, 1.165) is 5.69 Å². The van der Waals surface area contributed by atoms with Gasteiger partial charge in [-0.2, -0.15) is 5.11 Å². The Kier molecular flexibility index (Phi) is 7.08. The van der Waals surface area contributed by atoms with E-state index in [2.05, 4.69) is 16.8 Å². The number of phenols is 1. The number of carbonyl (C=O) groups excluding carboxylic acids is 1. The number of esters is 1. The molecule has 0 saturated heterocycles. The van der Waals surface area contributed by atoms with Gasteiger partial charge in [-0.25, -0.2) is 9.59 Å². The molecule has 2 rings (SSSR count). The monoisotopic (exact) mass is 397 g/mol. The SMILES string of the molecule is C=C(C)C(=O)Oc1ccc(N=Nc2ccc(C(=O)O)c(O)c2)c(N(CC)CC)c1. The van der Waals surface area contributed by atoms with Crippen LogP contribution in [0.5, 0.6) is 11.5 Å². The van der Waals surface area contributed by atoms with E-state index in [1.54, 1.807) is 25.1 Å². The molecule has 0 aliphatic heterocycles. The number of carboxylic acids is 1. The van der Waals surface area contributed by atoms with Gasteiger partial charge in [0.05, 0.1) is 11.4 Å². The fourth-order valence-electron chi connectivity index (χ4n) is 2.54. The van der Waals surface area contributed by atoms with Crippen LogP contribution in [0.15, 0.2) is 58.8 Å². The van der Waals surface area contributed by atoms with Gasteiger partial charge in [0.2, 0.25) is 0 Å². The first-order chi connectivity index (χ1) is 13.8. The molecule has 0 aliphatic rings. The van der Waals surface area contributed by atoms with E-state index in [1.165, 1.54) is 18.2 Å². The third-order valence-corrected chi connectivity index (χ3v) is 4.09. The predicted octanol–water partition coefficient (Wildman–Crippen LogP) is 4.83. The molecule has 0 aromatic heterocycles. The Hall–Kier alpha value is -3.68. The lowest BCUT2D eigenvalue weighted by Gasteiger charge is -2.23. The Labute approximate surface area is 168 Å². The van der Waals surface area contributed by atoms with Gasteiger partial charge in [0, 0.05) is 30.8 Å². The Morgan fingerprint density at radius 3 is 2.34 bits per heavy atom. The van der Waals surface area contributed by atoms with Gasteiger partial charge < -0.3 is 19.8 Å². The summed E-state index contributed by atoms with van der Waals surface area (Å²) in [7, 11) is 0. The second-order valence-electron chi connectivity index (χ2n) is 6.20. The number of aromatic hydroxyl groups is 1. The fraction of sp³-hybridized carbons (Fsp3) is 0.238. The number of rotatable bonds is 8. The summed E-state index contributed by atoms with van der Waals surface area (Å²) in [6.07, 6.45) is 0. The molecule has 0 bridgehead atoms. The van der Waals surface area contributed by atoms with Crippen LogP contribution >= 0.6 is 0 Å². The minimum Gasteiger partial charge on any atom is -0.507 e. The molecule has 2 aromatic rings. The third-order valence-electron chi connectivity index (χ3n) is 4.09. The quantitative estimate of drug-likeness (QED) is 0.285. The van der Waals surface area contributed by atoms with E-state index < -0.39 is 11.9 Å². The van der Waals surface area contributed by atoms with Gasteiger partial charge in [0.1, 0.15) is 22.7 Å². The molecule has 2 aromatic carbocycles. The van der Waals surface area contributed by atoms with E-state index in [0.29, 0.717) is 35.8 Å². The number of azo groups is 1. The van der Waals surface area contributed by atoms with Gasteiger partial charge in [-0.1, -0.05) is 6.58 Å². The molecular weight excluding hydrogens is 374 g/mol. The number of anilines is 1. The fourth-order valence-corrected chi connectivity index (χ4v) is 2.54. The average Bonchev–Trinajstić information content (AvgIpc) is 2.68. The number of benzene rings is 2. The van der Waals surface area contributed by atoms with Crippen LogP contribution in [0.2, 0.25) is 0 Å². The van der Waals surface area contributed by atoms with Crippen LogP contribution in [0.1, 0.15) is 31.1 Å². The van der Waals surface area contributed by atoms with E-state index in [9.17, 15) is 14.7 Å². The van der Waals surface area contributed by atoms with Crippen LogP contribution < -0.4 is 9.64 Å². The van der Waals surface area contributed by atoms with Crippen molar-refractivity contribution in [1.82, 2.24) is 0 Å². The van der Waals surface area contributed by atoms with Gasteiger partial charge >= 0.3 is 11.9 Å². The molecule has 0 saturated carbocycles. The normalized spacial score (nSPS) is 10.7. The van der Waals surface area contributed by atoms with Crippen LogP contribution in [-0.4, -0.2) is 35.2 Å². The van der Waals surface area contributed by atoms with Gasteiger partial charge in [-0.05, 0) is 45.0 Å². The summed E-state index contributed by atoms with van der Waals surface area (Å²) >= 11 is 0. The standard InChI is InChI=1S/C21H23N3O5/c1-5-24(6-2)18-12-15(29-21(28)13(3)4)8-10-17(18)23-22-14-7-9-16(20(26)27)19(25)11-14/h7-12,25H,3,5-6H2,1-2,4H3,(H,26,27). The van der Waals surface area contributed by atoms with E-state index in [-0.39, 0.29) is 11.3 Å². The van der Waals surface area contributed by atoms with Crippen molar-refractivity contribution in [2.45, 2.75) is 20.8 Å². The molecule has 0 spiro atoms. The lowest BCUT2D eigenvalue weighted by Crippen LogP contribution is -2.22. The molecule has 0 heterocycles. The molecule has 0 fully saturated rings. The van der Waals surface area contributed by atoms with Crippen molar-refractivity contribution in [1.29, 1.82) is 0 Å². The zero-order chi connectivity index (χ0) is 21.6. The number of hydrogen-bond donors (Lipinski definition) is 2. The summed E-state index contributed by atoms with van der Waals surface area (Å²) in [5.41, 5.74) is 1.64. The molecule has 152 valence electrons. The number of hydrogen-bond acceptors (Lipinski definition) is 7. The highest BCUT2D eigenvalue weighted by Gasteiger charge is 2.13. The maximum absolute atomic E-state index is 11.8. The number of carbonyl (C=O) groups is 2. The number of carboxylic acid groups (broad SMARTS) is 1. The molecule has 0 aliphatic carbocycles. The summed E-state index contributed by atoms with van der Waals surface area (Å²) in [4.78, 5) is 24.8. The Bertz CT molecular complexity index is 965. The zero-order valence-electron chi connectivity index (χ0n) is 16.5. The Morgan fingerprint density at radius 2 is 1.79 bits per heavy atom. The van der Waals surface area contributed by atoms with Crippen molar-refractivity contribution in [2.75, 3.05) is 18.0 Å². The minimum absolute atomic E-state index is 0.212. The van der Waals surface area contributed by atoms with E-state index >= 15 is 0 Å². The minimum atomic E-state index is -1.23. The molecule has 29 heavy (non-hydrogen) atoms. The second-order valence-corrected chi connectivity index (χ2v) is 6.20. The third kappa shape index (κ3) is 5.41. The van der Waals surface area contributed by atoms with Crippen LogP contribution in [0.4, 0.5) is 17.1 Å². The summed E-state index contributed by atoms with van der Waals surface area (Å²) in [5, 5.41) is 27.1. The van der Waals surface area contributed by atoms with Gasteiger partial charge in [-0.15, -0.1) is 5.11 Å². The Morgan fingerprint density at radius 1 is 1.10 bits per heavy atom. The molecule has 0 radical (unpaired) electrons. The number of ether oxygens (including phenoxy) is 1. The smallest absolute Gasteiger partial charge is 0.339 e. The number of nitrogens with zero attached hydrogens (tertiary/aromatic N) is 3. The lowest BCUT2D eigenvalue weighted by molar-refractivity contribution is -0.130. The van der Waals surface area contributed by atoms with Crippen LogP contribution in [-0.2, 0) is 4.79 Å². The average molecular weight is 397 g/mol. The van der Waals surface area contributed by atoms with Crippen molar-refractivity contribution >= 4 is 29.0 Å². The van der Waals surface area contributed by atoms with Crippen molar-refractivity contribution in [3.8, 4) is 11.5 Å². The topological polar surface area (TPSA) is 112 Å². The first kappa shape index (κ1) is 21.6. The molecule has 0 amide bonds. The molecule has 0 atom stereocenters. The van der Waals surface area contributed by atoms with Gasteiger partial charge in [0.15, 0.2) is 0 Å². The number of aromatic carboxylic acids is 1. The zero-order valence-corrected chi connectivity index (χ0v) is 16.5. The summed E-state index contributed by atoms with van der Waals surface area (Å²) in [6, 6.07) is 8.92. The highest BCUT2D eigenvalue weighted by molar-refractivity contribution is 5.91. The molecule has 8 heteroatoms. The maximum Gasteiger partial charge on any atom is 0.339 e. The molecule has 2 N–H and O–H groups in total. The highest BCUT2D eigenvalue weighted by atomic mass is 16.5. The predicted molar refractivity (Wildman–Crippen MR) is 110 cm³/mol.